The zero-order valence-electron chi connectivity index (χ0n) is 21.3. The van der Waals surface area contributed by atoms with Crippen LogP contribution in [-0.2, 0) is 6.54 Å². The highest BCUT2D eigenvalue weighted by molar-refractivity contribution is 5.94. The highest BCUT2D eigenvalue weighted by atomic mass is 19.1. The highest BCUT2D eigenvalue weighted by Gasteiger charge is 2.30. The van der Waals surface area contributed by atoms with Crippen molar-refractivity contribution in [3.63, 3.8) is 0 Å². The smallest absolute Gasteiger partial charge is 0.266 e. The highest BCUT2D eigenvalue weighted by Crippen LogP contribution is 2.29. The van der Waals surface area contributed by atoms with Gasteiger partial charge in [0, 0.05) is 12.1 Å². The number of rotatable bonds is 7. The molecule has 1 atom stereocenters. The van der Waals surface area contributed by atoms with Crippen LogP contribution in [-0.4, -0.2) is 20.4 Å². The number of halogens is 1. The van der Waals surface area contributed by atoms with E-state index in [0.717, 1.165) is 11.1 Å². The normalized spacial score (nSPS) is 11.9. The Bertz CT molecular complexity index is 1650. The number of nitrogens with zero attached hydrogens (tertiary/aromatic N) is 3. The van der Waals surface area contributed by atoms with Crippen molar-refractivity contribution >= 4 is 16.8 Å². The quantitative estimate of drug-likeness (QED) is 0.250. The van der Waals surface area contributed by atoms with E-state index in [2.05, 4.69) is 0 Å². The second kappa shape index (κ2) is 10.8. The predicted octanol–water partition coefficient (Wildman–Crippen LogP) is 6.63. The number of carbonyl (C=O) groups excluding carboxylic acids is 1. The molecule has 5 nitrogen and oxygen atoms in total. The van der Waals surface area contributed by atoms with Gasteiger partial charge in [0.15, 0.2) is 0 Å². The average molecular weight is 506 g/mol. The molecule has 0 fully saturated rings. The lowest BCUT2D eigenvalue weighted by Gasteiger charge is -2.32. The molecule has 1 heterocycles. The summed E-state index contributed by atoms with van der Waals surface area (Å²) in [6, 6.07) is 29.7. The topological polar surface area (TPSA) is 55.2 Å². The number of fused-ring (bicyclic) bond motifs is 1. The molecule has 1 amide bonds. The van der Waals surface area contributed by atoms with E-state index in [4.69, 9.17) is 4.98 Å². The van der Waals surface area contributed by atoms with Gasteiger partial charge in [-0.05, 0) is 73.0 Å². The first-order valence-electron chi connectivity index (χ1n) is 12.7. The molecule has 38 heavy (non-hydrogen) atoms. The van der Waals surface area contributed by atoms with Gasteiger partial charge in [-0.25, -0.2) is 9.37 Å². The fourth-order valence-electron chi connectivity index (χ4n) is 4.79. The Labute approximate surface area is 220 Å². The Kier molecular flexibility index (Phi) is 7.13. The van der Waals surface area contributed by atoms with E-state index in [9.17, 15) is 14.0 Å². The largest absolute Gasteiger partial charge is 0.324 e. The number of aromatic nitrogens is 2. The number of aryl methyl sites for hydroxylation is 1. The predicted molar refractivity (Wildman–Crippen MR) is 148 cm³/mol. The van der Waals surface area contributed by atoms with Crippen LogP contribution >= 0.6 is 0 Å². The summed E-state index contributed by atoms with van der Waals surface area (Å²) in [5, 5.41) is 0.507. The minimum absolute atomic E-state index is 0.191. The fraction of sp³-hybridized carbons (Fsp3) is 0.156. The van der Waals surface area contributed by atoms with Gasteiger partial charge >= 0.3 is 0 Å². The molecule has 5 aromatic rings. The maximum atomic E-state index is 14.0. The lowest BCUT2D eigenvalue weighted by atomic mass is 10.1. The zero-order chi connectivity index (χ0) is 26.6. The second-order valence-corrected chi connectivity index (χ2v) is 9.32. The molecule has 0 saturated heterocycles. The first-order valence-corrected chi connectivity index (χ1v) is 12.7. The summed E-state index contributed by atoms with van der Waals surface area (Å²) in [7, 11) is 0. The molecule has 1 unspecified atom stereocenters. The summed E-state index contributed by atoms with van der Waals surface area (Å²) >= 11 is 0. The lowest BCUT2D eigenvalue weighted by Crippen LogP contribution is -2.38. The van der Waals surface area contributed by atoms with Crippen LogP contribution in [0, 0.1) is 12.7 Å². The van der Waals surface area contributed by atoms with Gasteiger partial charge in [0.05, 0.1) is 22.6 Å². The maximum Gasteiger partial charge on any atom is 0.266 e. The first-order chi connectivity index (χ1) is 18.5. The summed E-state index contributed by atoms with van der Waals surface area (Å²) in [5.74, 6) is -0.195. The monoisotopic (exact) mass is 505 g/mol. The number of para-hydroxylation sites is 1. The summed E-state index contributed by atoms with van der Waals surface area (Å²) in [5.41, 5.74) is 3.38. The van der Waals surface area contributed by atoms with Crippen LogP contribution in [0.3, 0.4) is 0 Å². The Morgan fingerprint density at radius 1 is 0.921 bits per heavy atom. The van der Waals surface area contributed by atoms with Crippen LogP contribution in [0.15, 0.2) is 108 Å². The van der Waals surface area contributed by atoms with Crippen molar-refractivity contribution in [2.75, 3.05) is 0 Å². The molecule has 190 valence electrons. The van der Waals surface area contributed by atoms with Crippen LogP contribution in [0.1, 0.15) is 46.7 Å². The van der Waals surface area contributed by atoms with Crippen molar-refractivity contribution in [3.8, 4) is 5.69 Å². The van der Waals surface area contributed by atoms with Crippen LogP contribution in [0.2, 0.25) is 0 Å². The van der Waals surface area contributed by atoms with E-state index < -0.39 is 11.9 Å². The zero-order valence-corrected chi connectivity index (χ0v) is 21.3. The molecule has 0 aliphatic rings. The molecule has 0 saturated carbocycles. The molecular formula is C32H28FN3O2. The van der Waals surface area contributed by atoms with Crippen LogP contribution < -0.4 is 5.56 Å². The van der Waals surface area contributed by atoms with Gasteiger partial charge in [0.25, 0.3) is 11.5 Å². The van der Waals surface area contributed by atoms with Crippen molar-refractivity contribution in [1.29, 1.82) is 0 Å². The molecule has 0 spiro atoms. The summed E-state index contributed by atoms with van der Waals surface area (Å²) < 4.78 is 15.3. The molecule has 4 aromatic carbocycles. The van der Waals surface area contributed by atoms with Crippen molar-refractivity contribution in [1.82, 2.24) is 14.5 Å². The summed E-state index contributed by atoms with van der Waals surface area (Å²) in [6.45, 7) is 4.24. The molecule has 0 aliphatic carbocycles. The van der Waals surface area contributed by atoms with Gasteiger partial charge in [-0.3, -0.25) is 14.2 Å². The Morgan fingerprint density at radius 2 is 1.63 bits per heavy atom. The molecule has 0 N–H and O–H groups in total. The third-order valence-electron chi connectivity index (χ3n) is 6.67. The van der Waals surface area contributed by atoms with Crippen molar-refractivity contribution < 1.29 is 9.18 Å². The lowest BCUT2D eigenvalue weighted by molar-refractivity contribution is 0.0640. The van der Waals surface area contributed by atoms with Gasteiger partial charge in [-0.15, -0.1) is 0 Å². The second-order valence-electron chi connectivity index (χ2n) is 9.32. The molecule has 5 rings (SSSR count). The van der Waals surface area contributed by atoms with E-state index in [0.29, 0.717) is 40.9 Å². The number of hydrogen-bond acceptors (Lipinski definition) is 3. The van der Waals surface area contributed by atoms with Crippen molar-refractivity contribution in [2.45, 2.75) is 32.9 Å². The minimum atomic E-state index is -0.537. The van der Waals surface area contributed by atoms with E-state index in [1.54, 1.807) is 15.5 Å². The maximum absolute atomic E-state index is 14.0. The Balaban J connectivity index is 1.73. The molecule has 6 heteroatoms. The molecule has 0 aliphatic heterocycles. The standard InChI is InChI=1S/C32H28FN3O2/c1-3-29(35(21-23-11-5-4-6-12-23)31(37)24-16-18-25(33)19-17-24)30-34-28-15-8-7-14-27(28)32(38)36(30)26-13-9-10-22(2)20-26/h4-20,29H,3,21H2,1-2H3. The molecule has 0 radical (unpaired) electrons. The SMILES string of the molecule is CCC(c1nc2ccccc2c(=O)n1-c1cccc(C)c1)N(Cc1ccccc1)C(=O)c1ccc(F)cc1. The van der Waals surface area contributed by atoms with Crippen LogP contribution in [0.25, 0.3) is 16.6 Å². The first kappa shape index (κ1) is 25.1. The third kappa shape index (κ3) is 4.98. The summed E-state index contributed by atoms with van der Waals surface area (Å²) in [6.07, 6.45) is 0.510. The minimum Gasteiger partial charge on any atom is -0.324 e. The van der Waals surface area contributed by atoms with Gasteiger partial charge in [-0.1, -0.05) is 61.5 Å². The number of amides is 1. The van der Waals surface area contributed by atoms with Gasteiger partial charge < -0.3 is 4.90 Å². The third-order valence-corrected chi connectivity index (χ3v) is 6.67. The van der Waals surface area contributed by atoms with Crippen LogP contribution in [0.4, 0.5) is 4.39 Å². The Morgan fingerprint density at radius 3 is 2.34 bits per heavy atom. The van der Waals surface area contributed by atoms with E-state index in [1.807, 2.05) is 86.6 Å². The molecular weight excluding hydrogens is 477 g/mol. The van der Waals surface area contributed by atoms with Crippen molar-refractivity contribution in [3.05, 3.63) is 142 Å². The van der Waals surface area contributed by atoms with E-state index in [1.165, 1.54) is 24.3 Å². The van der Waals surface area contributed by atoms with E-state index in [-0.39, 0.29) is 11.5 Å². The number of carbonyl (C=O) groups is 1. The van der Waals surface area contributed by atoms with Crippen molar-refractivity contribution in [2.24, 2.45) is 0 Å². The van der Waals surface area contributed by atoms with Gasteiger partial charge in [0.2, 0.25) is 0 Å². The van der Waals surface area contributed by atoms with Gasteiger partial charge in [-0.2, -0.15) is 0 Å². The average Bonchev–Trinajstić information content (AvgIpc) is 2.94. The Hall–Kier alpha value is -4.58. The fourth-order valence-corrected chi connectivity index (χ4v) is 4.79. The van der Waals surface area contributed by atoms with Gasteiger partial charge in [0.1, 0.15) is 11.6 Å². The molecule has 1 aromatic heterocycles. The van der Waals surface area contributed by atoms with Crippen LogP contribution in [0.5, 0.6) is 0 Å². The molecule has 0 bridgehead atoms. The number of hydrogen-bond donors (Lipinski definition) is 0. The van der Waals surface area contributed by atoms with E-state index >= 15 is 0 Å². The summed E-state index contributed by atoms with van der Waals surface area (Å²) in [4.78, 5) is 34.6. The number of benzene rings is 4.